The molecule has 2 amide bonds. The molecule has 0 unspecified atom stereocenters. The van der Waals surface area contributed by atoms with E-state index in [9.17, 15) is 14.0 Å². The molecule has 0 radical (unpaired) electrons. The van der Waals surface area contributed by atoms with E-state index in [2.05, 4.69) is 10.6 Å². The van der Waals surface area contributed by atoms with Gasteiger partial charge in [0.1, 0.15) is 11.4 Å². The van der Waals surface area contributed by atoms with Gasteiger partial charge < -0.3 is 10.1 Å². The quantitative estimate of drug-likeness (QED) is 0.806. The van der Waals surface area contributed by atoms with Gasteiger partial charge in [-0.25, -0.2) is 9.18 Å². The van der Waals surface area contributed by atoms with Crippen LogP contribution in [0.3, 0.4) is 0 Å². The Morgan fingerprint density at radius 3 is 2.48 bits per heavy atom. The number of hydrogen-bond acceptors (Lipinski definition) is 3. The normalized spacial score (nSPS) is 13.0. The molecule has 0 aromatic heterocycles. The minimum Gasteiger partial charge on any atom is -0.444 e. The predicted octanol–water partition coefficient (Wildman–Crippen LogP) is 4.91. The lowest BCUT2D eigenvalue weighted by molar-refractivity contribution is 0.0635. The predicted molar refractivity (Wildman–Crippen MR) is 103 cm³/mol. The number of ether oxygens (including phenoxy) is 1. The van der Waals surface area contributed by atoms with Crippen LogP contribution in [-0.4, -0.2) is 17.6 Å². The average Bonchev–Trinajstić information content (AvgIpc) is 3.03. The van der Waals surface area contributed by atoms with Crippen LogP contribution in [0.5, 0.6) is 0 Å². The van der Waals surface area contributed by atoms with Crippen LogP contribution < -0.4 is 10.6 Å². The number of hydrogen-bond donors (Lipinski definition) is 2. The lowest BCUT2D eigenvalue weighted by atomic mass is 10.1. The number of nitrogens with one attached hydrogen (secondary N) is 2. The Kier molecular flexibility index (Phi) is 5.17. The first-order valence-corrected chi connectivity index (χ1v) is 8.94. The molecule has 2 aromatic rings. The number of amides is 2. The molecule has 27 heavy (non-hydrogen) atoms. The van der Waals surface area contributed by atoms with Gasteiger partial charge >= 0.3 is 6.09 Å². The van der Waals surface area contributed by atoms with Gasteiger partial charge in [-0.1, -0.05) is 6.07 Å². The fourth-order valence-electron chi connectivity index (χ4n) is 3.03. The van der Waals surface area contributed by atoms with Gasteiger partial charge in [-0.05, 0) is 81.5 Å². The molecular formula is C21H23FN2O3. The molecule has 0 bridgehead atoms. The lowest BCUT2D eigenvalue weighted by Gasteiger charge is -2.20. The van der Waals surface area contributed by atoms with Crippen LogP contribution in [0.15, 0.2) is 36.4 Å². The number of carbonyl (C=O) groups is 2. The number of anilines is 2. The van der Waals surface area contributed by atoms with Crippen molar-refractivity contribution in [2.75, 3.05) is 10.6 Å². The molecular weight excluding hydrogens is 347 g/mol. The third-order valence-corrected chi connectivity index (χ3v) is 4.22. The molecule has 0 heterocycles. The van der Waals surface area contributed by atoms with E-state index in [0.717, 1.165) is 19.3 Å². The zero-order chi connectivity index (χ0) is 19.6. The van der Waals surface area contributed by atoms with Crippen molar-refractivity contribution in [3.63, 3.8) is 0 Å². The maximum Gasteiger partial charge on any atom is 0.412 e. The van der Waals surface area contributed by atoms with Crippen molar-refractivity contribution in [1.82, 2.24) is 0 Å². The summed E-state index contributed by atoms with van der Waals surface area (Å²) in [7, 11) is 0. The first kappa shape index (κ1) is 18.9. The number of fused-ring (bicyclic) bond motifs is 1. The largest absolute Gasteiger partial charge is 0.444 e. The van der Waals surface area contributed by atoms with E-state index in [4.69, 9.17) is 4.74 Å². The molecule has 2 N–H and O–H groups in total. The van der Waals surface area contributed by atoms with E-state index in [1.165, 1.54) is 29.3 Å². The second-order valence-corrected chi connectivity index (χ2v) is 7.61. The maximum atomic E-state index is 14.0. The van der Waals surface area contributed by atoms with Crippen molar-refractivity contribution in [1.29, 1.82) is 0 Å². The van der Waals surface area contributed by atoms with Crippen LogP contribution in [0.25, 0.3) is 0 Å². The molecule has 3 rings (SSSR count). The zero-order valence-corrected chi connectivity index (χ0v) is 15.7. The summed E-state index contributed by atoms with van der Waals surface area (Å²) in [4.78, 5) is 24.4. The van der Waals surface area contributed by atoms with Gasteiger partial charge in [-0.15, -0.1) is 0 Å². The highest BCUT2D eigenvalue weighted by atomic mass is 19.1. The van der Waals surface area contributed by atoms with Crippen molar-refractivity contribution in [3.8, 4) is 0 Å². The number of rotatable bonds is 3. The minimum atomic E-state index is -0.761. The highest BCUT2D eigenvalue weighted by molar-refractivity contribution is 6.04. The summed E-state index contributed by atoms with van der Waals surface area (Å²) < 4.78 is 19.1. The highest BCUT2D eigenvalue weighted by Gasteiger charge is 2.18. The van der Waals surface area contributed by atoms with Gasteiger partial charge in [0, 0.05) is 11.3 Å². The minimum absolute atomic E-state index is 0.0593. The molecule has 0 atom stereocenters. The van der Waals surface area contributed by atoms with E-state index in [1.54, 1.807) is 26.8 Å². The Morgan fingerprint density at radius 2 is 1.74 bits per heavy atom. The monoisotopic (exact) mass is 370 g/mol. The number of halogens is 1. The first-order valence-electron chi connectivity index (χ1n) is 8.94. The summed E-state index contributed by atoms with van der Waals surface area (Å²) >= 11 is 0. The zero-order valence-electron chi connectivity index (χ0n) is 15.7. The van der Waals surface area contributed by atoms with E-state index in [1.807, 2.05) is 12.1 Å². The summed E-state index contributed by atoms with van der Waals surface area (Å²) in [5, 5.41) is 5.11. The van der Waals surface area contributed by atoms with Gasteiger partial charge in [0.2, 0.25) is 0 Å². The summed E-state index contributed by atoms with van der Waals surface area (Å²) in [6, 6.07) is 9.68. The SMILES string of the molecule is CC(C)(C)OC(=O)Nc1cc(NC(=O)c2ccc3c(c2)CCC3)ccc1F. The summed E-state index contributed by atoms with van der Waals surface area (Å²) in [6.07, 6.45) is 2.38. The smallest absolute Gasteiger partial charge is 0.412 e. The van der Waals surface area contributed by atoms with Crippen LogP contribution in [-0.2, 0) is 17.6 Å². The van der Waals surface area contributed by atoms with Gasteiger partial charge in [0.25, 0.3) is 5.91 Å². The fraction of sp³-hybridized carbons (Fsp3) is 0.333. The molecule has 142 valence electrons. The Labute approximate surface area is 157 Å². The third kappa shape index (κ3) is 4.84. The molecule has 0 aliphatic heterocycles. The third-order valence-electron chi connectivity index (χ3n) is 4.22. The second kappa shape index (κ2) is 7.39. The number of benzene rings is 2. The van der Waals surface area contributed by atoms with Crippen molar-refractivity contribution < 1.29 is 18.7 Å². The highest BCUT2D eigenvalue weighted by Crippen LogP contribution is 2.24. The molecule has 0 fully saturated rings. The fourth-order valence-corrected chi connectivity index (χ4v) is 3.03. The standard InChI is InChI=1S/C21H23FN2O3/c1-21(2,3)27-20(26)24-18-12-16(9-10-17(18)22)23-19(25)15-8-7-13-5-4-6-14(13)11-15/h7-12H,4-6H2,1-3H3,(H,23,25)(H,24,26). The van der Waals surface area contributed by atoms with Crippen molar-refractivity contribution >= 4 is 23.4 Å². The van der Waals surface area contributed by atoms with Crippen LogP contribution in [0.2, 0.25) is 0 Å². The molecule has 0 saturated heterocycles. The van der Waals surface area contributed by atoms with Gasteiger partial charge in [-0.3, -0.25) is 10.1 Å². The van der Waals surface area contributed by atoms with Crippen LogP contribution in [0.1, 0.15) is 48.7 Å². The van der Waals surface area contributed by atoms with Crippen molar-refractivity contribution in [2.24, 2.45) is 0 Å². The van der Waals surface area contributed by atoms with Crippen LogP contribution in [0, 0.1) is 5.82 Å². The number of carbonyl (C=O) groups excluding carboxylic acids is 2. The average molecular weight is 370 g/mol. The molecule has 0 saturated carbocycles. The Balaban J connectivity index is 1.72. The Hall–Kier alpha value is -2.89. The molecule has 5 nitrogen and oxygen atoms in total. The summed E-state index contributed by atoms with van der Waals surface area (Å²) in [5.41, 5.74) is 2.68. The molecule has 1 aliphatic rings. The molecule has 2 aromatic carbocycles. The lowest BCUT2D eigenvalue weighted by Crippen LogP contribution is -2.27. The maximum absolute atomic E-state index is 14.0. The summed E-state index contributed by atoms with van der Waals surface area (Å²) in [6.45, 7) is 5.16. The van der Waals surface area contributed by atoms with Crippen LogP contribution >= 0.6 is 0 Å². The topological polar surface area (TPSA) is 67.4 Å². The first-order chi connectivity index (χ1) is 12.7. The van der Waals surface area contributed by atoms with Crippen molar-refractivity contribution in [3.05, 3.63) is 58.9 Å². The van der Waals surface area contributed by atoms with E-state index in [-0.39, 0.29) is 11.6 Å². The summed E-state index contributed by atoms with van der Waals surface area (Å²) in [5.74, 6) is -0.893. The molecule has 0 spiro atoms. The van der Waals surface area contributed by atoms with E-state index in [0.29, 0.717) is 11.3 Å². The second-order valence-electron chi connectivity index (χ2n) is 7.61. The van der Waals surface area contributed by atoms with E-state index >= 15 is 0 Å². The van der Waals surface area contributed by atoms with Gasteiger partial charge in [-0.2, -0.15) is 0 Å². The Bertz CT molecular complexity index is 887. The van der Waals surface area contributed by atoms with Gasteiger partial charge in [0.05, 0.1) is 5.69 Å². The van der Waals surface area contributed by atoms with E-state index < -0.39 is 17.5 Å². The molecule has 6 heteroatoms. The van der Waals surface area contributed by atoms with Gasteiger partial charge in [0.15, 0.2) is 0 Å². The Morgan fingerprint density at radius 1 is 1.00 bits per heavy atom. The van der Waals surface area contributed by atoms with Crippen LogP contribution in [0.4, 0.5) is 20.6 Å². The number of aryl methyl sites for hydroxylation is 2. The molecule has 1 aliphatic carbocycles. The van der Waals surface area contributed by atoms with Crippen molar-refractivity contribution in [2.45, 2.75) is 45.6 Å².